The maximum absolute atomic E-state index is 5.70. The molecule has 1 aromatic carbocycles. The van der Waals surface area contributed by atoms with E-state index in [1.54, 1.807) is 17.7 Å². The number of nitrogens with zero attached hydrogens (tertiary/aromatic N) is 2. The standard InChI is InChI=1S/C16H18N4S/c1-10-11(2)21-16-14(10)15(19-9-20-16)18-8-7-12-3-5-13(17)6-4-12/h3-6,9H,7-8,17H2,1-2H3,(H,18,19,20). The molecule has 2 aromatic heterocycles. The van der Waals surface area contributed by atoms with Gasteiger partial charge < -0.3 is 11.1 Å². The quantitative estimate of drug-likeness (QED) is 0.723. The topological polar surface area (TPSA) is 63.8 Å². The van der Waals surface area contributed by atoms with Crippen LogP contribution < -0.4 is 11.1 Å². The lowest BCUT2D eigenvalue weighted by Crippen LogP contribution is -2.07. The Morgan fingerprint density at radius 3 is 2.67 bits per heavy atom. The Kier molecular flexibility index (Phi) is 3.75. The highest BCUT2D eigenvalue weighted by molar-refractivity contribution is 7.18. The number of nitrogens with two attached hydrogens (primary N) is 1. The second kappa shape index (κ2) is 5.69. The van der Waals surface area contributed by atoms with Gasteiger partial charge in [-0.15, -0.1) is 11.3 Å². The number of fused-ring (bicyclic) bond motifs is 1. The minimum atomic E-state index is 0.800. The van der Waals surface area contributed by atoms with Gasteiger partial charge in [-0.05, 0) is 43.5 Å². The molecule has 3 aromatic rings. The summed E-state index contributed by atoms with van der Waals surface area (Å²) in [4.78, 5) is 11.1. The molecule has 0 radical (unpaired) electrons. The fourth-order valence-corrected chi connectivity index (χ4v) is 3.32. The Hall–Kier alpha value is -2.14. The lowest BCUT2D eigenvalue weighted by atomic mass is 10.1. The van der Waals surface area contributed by atoms with Crippen molar-refractivity contribution >= 4 is 33.1 Å². The van der Waals surface area contributed by atoms with Gasteiger partial charge in [0.2, 0.25) is 0 Å². The number of hydrogen-bond donors (Lipinski definition) is 2. The predicted molar refractivity (Wildman–Crippen MR) is 89.9 cm³/mol. The van der Waals surface area contributed by atoms with E-state index in [2.05, 4.69) is 41.3 Å². The molecule has 2 heterocycles. The van der Waals surface area contributed by atoms with Gasteiger partial charge in [-0.2, -0.15) is 0 Å². The van der Waals surface area contributed by atoms with Gasteiger partial charge in [0, 0.05) is 17.1 Å². The first-order chi connectivity index (χ1) is 10.1. The first-order valence-corrected chi connectivity index (χ1v) is 7.76. The minimum Gasteiger partial charge on any atom is -0.399 e. The largest absolute Gasteiger partial charge is 0.399 e. The molecule has 0 fully saturated rings. The summed E-state index contributed by atoms with van der Waals surface area (Å²) in [6.45, 7) is 5.09. The van der Waals surface area contributed by atoms with Crippen LogP contribution in [0, 0.1) is 13.8 Å². The number of anilines is 2. The number of rotatable bonds is 4. The summed E-state index contributed by atoms with van der Waals surface area (Å²) in [5.74, 6) is 0.928. The first kappa shape index (κ1) is 13.8. The molecule has 0 saturated heterocycles. The van der Waals surface area contributed by atoms with Gasteiger partial charge in [0.1, 0.15) is 17.0 Å². The number of nitrogens with one attached hydrogen (secondary N) is 1. The number of thiophene rings is 1. The second-order valence-electron chi connectivity index (χ2n) is 5.10. The molecule has 0 unspecified atom stereocenters. The summed E-state index contributed by atoms with van der Waals surface area (Å²) >= 11 is 1.72. The average molecular weight is 298 g/mol. The van der Waals surface area contributed by atoms with Crippen LogP contribution in [0.2, 0.25) is 0 Å². The van der Waals surface area contributed by atoms with E-state index in [0.717, 1.165) is 34.7 Å². The molecule has 0 aliphatic carbocycles. The molecular formula is C16H18N4S. The molecule has 0 spiro atoms. The van der Waals surface area contributed by atoms with Crippen molar-refractivity contribution in [2.75, 3.05) is 17.6 Å². The number of aryl methyl sites for hydroxylation is 2. The average Bonchev–Trinajstić information content (AvgIpc) is 2.77. The maximum atomic E-state index is 5.70. The Balaban J connectivity index is 1.75. The molecule has 3 N–H and O–H groups in total. The number of benzene rings is 1. The molecular weight excluding hydrogens is 280 g/mol. The highest BCUT2D eigenvalue weighted by Gasteiger charge is 2.11. The molecule has 108 valence electrons. The van der Waals surface area contributed by atoms with E-state index < -0.39 is 0 Å². The zero-order valence-corrected chi connectivity index (χ0v) is 13.0. The minimum absolute atomic E-state index is 0.800. The highest BCUT2D eigenvalue weighted by Crippen LogP contribution is 2.32. The normalized spacial score (nSPS) is 11.0. The van der Waals surface area contributed by atoms with Crippen molar-refractivity contribution in [1.82, 2.24) is 9.97 Å². The van der Waals surface area contributed by atoms with Gasteiger partial charge in [-0.1, -0.05) is 12.1 Å². The van der Waals surface area contributed by atoms with Crippen LogP contribution in [0.5, 0.6) is 0 Å². The molecule has 3 rings (SSSR count). The third kappa shape index (κ3) is 2.83. The molecule has 4 nitrogen and oxygen atoms in total. The predicted octanol–water partition coefficient (Wildman–Crippen LogP) is 3.54. The number of nitrogen functional groups attached to an aromatic ring is 1. The van der Waals surface area contributed by atoms with Crippen molar-refractivity contribution in [3.8, 4) is 0 Å². The van der Waals surface area contributed by atoms with Crippen molar-refractivity contribution in [3.63, 3.8) is 0 Å². The zero-order valence-electron chi connectivity index (χ0n) is 12.2. The van der Waals surface area contributed by atoms with Crippen molar-refractivity contribution in [1.29, 1.82) is 0 Å². The van der Waals surface area contributed by atoms with Crippen molar-refractivity contribution in [2.45, 2.75) is 20.3 Å². The van der Waals surface area contributed by atoms with E-state index in [1.165, 1.54) is 16.0 Å². The fourth-order valence-electron chi connectivity index (χ4n) is 2.33. The van der Waals surface area contributed by atoms with Gasteiger partial charge in [0.15, 0.2) is 0 Å². The van der Waals surface area contributed by atoms with Crippen LogP contribution in [-0.2, 0) is 6.42 Å². The van der Waals surface area contributed by atoms with E-state index in [-0.39, 0.29) is 0 Å². The van der Waals surface area contributed by atoms with Crippen LogP contribution in [0.15, 0.2) is 30.6 Å². The summed E-state index contributed by atoms with van der Waals surface area (Å²) in [5, 5.41) is 4.58. The van der Waals surface area contributed by atoms with Gasteiger partial charge in [0.05, 0.1) is 5.39 Å². The Labute approximate surface area is 128 Å². The van der Waals surface area contributed by atoms with Crippen molar-refractivity contribution < 1.29 is 0 Å². The molecule has 5 heteroatoms. The van der Waals surface area contributed by atoms with Gasteiger partial charge in [-0.3, -0.25) is 0 Å². The number of aromatic nitrogens is 2. The third-order valence-electron chi connectivity index (χ3n) is 3.65. The monoisotopic (exact) mass is 298 g/mol. The lowest BCUT2D eigenvalue weighted by molar-refractivity contribution is 1.01. The maximum Gasteiger partial charge on any atom is 0.138 e. The van der Waals surface area contributed by atoms with Gasteiger partial charge in [-0.25, -0.2) is 9.97 Å². The molecule has 0 bridgehead atoms. The summed E-state index contributed by atoms with van der Waals surface area (Å²) < 4.78 is 0. The van der Waals surface area contributed by atoms with Crippen molar-refractivity contribution in [3.05, 3.63) is 46.6 Å². The smallest absolute Gasteiger partial charge is 0.138 e. The van der Waals surface area contributed by atoms with Gasteiger partial charge >= 0.3 is 0 Å². The van der Waals surface area contributed by atoms with Crippen LogP contribution in [0.3, 0.4) is 0 Å². The Morgan fingerprint density at radius 2 is 1.90 bits per heavy atom. The van der Waals surface area contributed by atoms with Crippen LogP contribution in [-0.4, -0.2) is 16.5 Å². The molecule has 0 aliphatic heterocycles. The van der Waals surface area contributed by atoms with Crippen LogP contribution in [0.4, 0.5) is 11.5 Å². The SMILES string of the molecule is Cc1sc2ncnc(NCCc3ccc(N)cc3)c2c1C. The lowest BCUT2D eigenvalue weighted by Gasteiger charge is -2.07. The van der Waals surface area contributed by atoms with E-state index in [9.17, 15) is 0 Å². The summed E-state index contributed by atoms with van der Waals surface area (Å²) in [5.41, 5.74) is 9.03. The zero-order chi connectivity index (χ0) is 14.8. The van der Waals surface area contributed by atoms with E-state index in [0.29, 0.717) is 0 Å². The number of hydrogen-bond acceptors (Lipinski definition) is 5. The van der Waals surface area contributed by atoms with Gasteiger partial charge in [0.25, 0.3) is 0 Å². The first-order valence-electron chi connectivity index (χ1n) is 6.94. The molecule has 0 amide bonds. The molecule has 0 saturated carbocycles. The molecule has 0 atom stereocenters. The Bertz CT molecular complexity index is 762. The summed E-state index contributed by atoms with van der Waals surface area (Å²) in [6.07, 6.45) is 2.57. The second-order valence-corrected chi connectivity index (χ2v) is 6.31. The van der Waals surface area contributed by atoms with E-state index >= 15 is 0 Å². The van der Waals surface area contributed by atoms with E-state index in [1.807, 2.05) is 12.1 Å². The van der Waals surface area contributed by atoms with Crippen molar-refractivity contribution in [2.24, 2.45) is 0 Å². The summed E-state index contributed by atoms with van der Waals surface area (Å²) in [7, 11) is 0. The van der Waals surface area contributed by atoms with Crippen LogP contribution in [0.1, 0.15) is 16.0 Å². The molecule has 21 heavy (non-hydrogen) atoms. The fraction of sp³-hybridized carbons (Fsp3) is 0.250. The van der Waals surface area contributed by atoms with E-state index in [4.69, 9.17) is 5.73 Å². The molecule has 0 aliphatic rings. The highest BCUT2D eigenvalue weighted by atomic mass is 32.1. The van der Waals surface area contributed by atoms with Crippen LogP contribution >= 0.6 is 11.3 Å². The summed E-state index contributed by atoms with van der Waals surface area (Å²) in [6, 6.07) is 7.99. The van der Waals surface area contributed by atoms with Crippen LogP contribution in [0.25, 0.3) is 10.2 Å². The third-order valence-corrected chi connectivity index (χ3v) is 4.77. The Morgan fingerprint density at radius 1 is 1.14 bits per heavy atom.